The average molecular weight is 310 g/mol. The zero-order valence-electron chi connectivity index (χ0n) is 11.6. The van der Waals surface area contributed by atoms with Crippen molar-refractivity contribution in [2.75, 3.05) is 4.72 Å². The van der Waals surface area contributed by atoms with Gasteiger partial charge in [0, 0.05) is 5.02 Å². The van der Waals surface area contributed by atoms with Crippen LogP contribution in [-0.4, -0.2) is 8.42 Å². The molecule has 20 heavy (non-hydrogen) atoms. The summed E-state index contributed by atoms with van der Waals surface area (Å²) < 4.78 is 27.2. The molecule has 0 aromatic heterocycles. The van der Waals surface area contributed by atoms with Gasteiger partial charge < -0.3 is 0 Å². The van der Waals surface area contributed by atoms with Crippen molar-refractivity contribution in [2.45, 2.75) is 25.7 Å². The summed E-state index contributed by atoms with van der Waals surface area (Å²) in [6, 6.07) is 10.1. The summed E-state index contributed by atoms with van der Waals surface area (Å²) in [6.07, 6.45) is 0. The minimum Gasteiger partial charge on any atom is -0.280 e. The molecular formula is C15H16ClNO2S. The average Bonchev–Trinajstić information content (AvgIpc) is 2.37. The summed E-state index contributed by atoms with van der Waals surface area (Å²) >= 11 is 6.00. The molecule has 0 fully saturated rings. The number of rotatable bonds is 3. The van der Waals surface area contributed by atoms with E-state index in [1.54, 1.807) is 36.4 Å². The van der Waals surface area contributed by atoms with E-state index < -0.39 is 10.0 Å². The molecule has 0 unspecified atom stereocenters. The van der Waals surface area contributed by atoms with Gasteiger partial charge in [0.15, 0.2) is 0 Å². The lowest BCUT2D eigenvalue weighted by Gasteiger charge is -2.10. The largest absolute Gasteiger partial charge is 0.280 e. The lowest BCUT2D eigenvalue weighted by atomic mass is 10.1. The highest BCUT2D eigenvalue weighted by Gasteiger charge is 2.15. The van der Waals surface area contributed by atoms with Gasteiger partial charge in [-0.05, 0) is 61.7 Å². The van der Waals surface area contributed by atoms with Crippen molar-refractivity contribution in [3.8, 4) is 0 Å². The van der Waals surface area contributed by atoms with Gasteiger partial charge in [0.2, 0.25) is 0 Å². The lowest BCUT2D eigenvalue weighted by Crippen LogP contribution is -2.13. The van der Waals surface area contributed by atoms with E-state index in [0.717, 1.165) is 16.7 Å². The molecule has 2 rings (SSSR count). The van der Waals surface area contributed by atoms with E-state index in [1.165, 1.54) is 0 Å². The molecule has 0 atom stereocenters. The number of halogens is 1. The highest BCUT2D eigenvalue weighted by atomic mass is 35.5. The van der Waals surface area contributed by atoms with Crippen LogP contribution in [0.1, 0.15) is 16.7 Å². The van der Waals surface area contributed by atoms with Gasteiger partial charge in [-0.2, -0.15) is 0 Å². The third-order valence-corrected chi connectivity index (χ3v) is 5.00. The van der Waals surface area contributed by atoms with Crippen molar-refractivity contribution in [1.29, 1.82) is 0 Å². The van der Waals surface area contributed by atoms with Crippen LogP contribution >= 0.6 is 11.6 Å². The van der Waals surface area contributed by atoms with E-state index in [4.69, 9.17) is 11.6 Å². The molecule has 3 nitrogen and oxygen atoms in total. The Morgan fingerprint density at radius 2 is 1.55 bits per heavy atom. The summed E-state index contributed by atoms with van der Waals surface area (Å²) in [5.74, 6) is 0. The molecule has 0 heterocycles. The maximum absolute atomic E-state index is 12.3. The van der Waals surface area contributed by atoms with Crippen molar-refractivity contribution in [1.82, 2.24) is 0 Å². The third kappa shape index (κ3) is 3.14. The fourth-order valence-electron chi connectivity index (χ4n) is 1.75. The minimum absolute atomic E-state index is 0.247. The molecule has 5 heteroatoms. The lowest BCUT2D eigenvalue weighted by molar-refractivity contribution is 0.601. The van der Waals surface area contributed by atoms with Crippen molar-refractivity contribution >= 4 is 27.3 Å². The molecule has 2 aromatic carbocycles. The fraction of sp³-hybridized carbons (Fsp3) is 0.200. The van der Waals surface area contributed by atoms with Crippen molar-refractivity contribution in [3.63, 3.8) is 0 Å². The SMILES string of the molecule is Cc1ccc(S(=O)(=O)Nc2ccc(C)c(Cl)c2)cc1C. The second-order valence-corrected chi connectivity index (χ2v) is 6.91. The number of nitrogens with one attached hydrogen (secondary N) is 1. The topological polar surface area (TPSA) is 46.2 Å². The first-order valence-corrected chi connectivity index (χ1v) is 8.02. The summed E-state index contributed by atoms with van der Waals surface area (Å²) in [5, 5.41) is 0.533. The van der Waals surface area contributed by atoms with Gasteiger partial charge >= 0.3 is 0 Å². The Morgan fingerprint density at radius 1 is 0.900 bits per heavy atom. The molecule has 0 radical (unpaired) electrons. The first kappa shape index (κ1) is 14.9. The molecule has 0 aliphatic rings. The summed E-state index contributed by atoms with van der Waals surface area (Å²) in [6.45, 7) is 5.69. The molecule has 0 bridgehead atoms. The molecule has 0 amide bonds. The molecule has 0 spiro atoms. The van der Waals surface area contributed by atoms with E-state index in [2.05, 4.69) is 4.72 Å². The van der Waals surface area contributed by atoms with Crippen molar-refractivity contribution in [2.24, 2.45) is 0 Å². The molecule has 0 saturated heterocycles. The zero-order chi connectivity index (χ0) is 14.9. The van der Waals surface area contributed by atoms with E-state index in [-0.39, 0.29) is 4.90 Å². The first-order valence-electron chi connectivity index (χ1n) is 6.16. The first-order chi connectivity index (χ1) is 9.29. The Hall–Kier alpha value is -1.52. The number of sulfonamides is 1. The smallest absolute Gasteiger partial charge is 0.261 e. The van der Waals surface area contributed by atoms with Crippen LogP contribution in [0.25, 0.3) is 0 Å². The van der Waals surface area contributed by atoms with Crippen LogP contribution in [-0.2, 0) is 10.0 Å². The number of aryl methyl sites for hydroxylation is 3. The predicted molar refractivity (Wildman–Crippen MR) is 82.9 cm³/mol. The summed E-state index contributed by atoms with van der Waals surface area (Å²) in [5.41, 5.74) is 3.36. The van der Waals surface area contributed by atoms with E-state index in [0.29, 0.717) is 10.7 Å². The van der Waals surface area contributed by atoms with Gasteiger partial charge in [-0.25, -0.2) is 8.42 Å². The fourth-order valence-corrected chi connectivity index (χ4v) is 3.07. The van der Waals surface area contributed by atoms with Crippen LogP contribution in [0.5, 0.6) is 0 Å². The van der Waals surface area contributed by atoms with E-state index in [9.17, 15) is 8.42 Å². The van der Waals surface area contributed by atoms with Gasteiger partial charge in [-0.1, -0.05) is 23.7 Å². The summed E-state index contributed by atoms with van der Waals surface area (Å²) in [4.78, 5) is 0.247. The van der Waals surface area contributed by atoms with Gasteiger partial charge in [-0.3, -0.25) is 4.72 Å². The number of hydrogen-bond donors (Lipinski definition) is 1. The van der Waals surface area contributed by atoms with E-state index >= 15 is 0 Å². The predicted octanol–water partition coefficient (Wildman–Crippen LogP) is 4.07. The summed E-state index contributed by atoms with van der Waals surface area (Å²) in [7, 11) is -3.59. The Bertz CT molecular complexity index is 754. The van der Waals surface area contributed by atoms with Crippen molar-refractivity contribution < 1.29 is 8.42 Å². The number of hydrogen-bond acceptors (Lipinski definition) is 2. The Balaban J connectivity index is 2.35. The normalized spacial score (nSPS) is 11.4. The molecule has 0 saturated carbocycles. The highest BCUT2D eigenvalue weighted by molar-refractivity contribution is 7.92. The Morgan fingerprint density at radius 3 is 2.15 bits per heavy atom. The van der Waals surface area contributed by atoms with Crippen LogP contribution in [0.3, 0.4) is 0 Å². The van der Waals surface area contributed by atoms with Crippen LogP contribution in [0, 0.1) is 20.8 Å². The molecule has 0 aliphatic heterocycles. The Labute approximate surface area is 124 Å². The van der Waals surface area contributed by atoms with Crippen LogP contribution in [0.4, 0.5) is 5.69 Å². The van der Waals surface area contributed by atoms with Gasteiger partial charge in [0.05, 0.1) is 10.6 Å². The second-order valence-electron chi connectivity index (χ2n) is 4.82. The van der Waals surface area contributed by atoms with Gasteiger partial charge in [0.1, 0.15) is 0 Å². The monoisotopic (exact) mass is 309 g/mol. The molecule has 2 aromatic rings. The maximum Gasteiger partial charge on any atom is 0.261 e. The molecular weight excluding hydrogens is 294 g/mol. The molecule has 106 valence electrons. The Kier molecular flexibility index (Phi) is 4.06. The molecule has 0 aliphatic carbocycles. The van der Waals surface area contributed by atoms with Gasteiger partial charge in [-0.15, -0.1) is 0 Å². The zero-order valence-corrected chi connectivity index (χ0v) is 13.1. The maximum atomic E-state index is 12.3. The van der Waals surface area contributed by atoms with Crippen LogP contribution < -0.4 is 4.72 Å². The van der Waals surface area contributed by atoms with Crippen LogP contribution in [0.15, 0.2) is 41.3 Å². The quantitative estimate of drug-likeness (QED) is 0.929. The minimum atomic E-state index is -3.59. The van der Waals surface area contributed by atoms with Crippen molar-refractivity contribution in [3.05, 3.63) is 58.1 Å². The highest BCUT2D eigenvalue weighted by Crippen LogP contribution is 2.23. The van der Waals surface area contributed by atoms with Crippen LogP contribution in [0.2, 0.25) is 5.02 Å². The number of benzene rings is 2. The number of anilines is 1. The van der Waals surface area contributed by atoms with Gasteiger partial charge in [0.25, 0.3) is 10.0 Å². The molecule has 1 N–H and O–H groups in total. The second kappa shape index (κ2) is 5.46. The van der Waals surface area contributed by atoms with E-state index in [1.807, 2.05) is 20.8 Å². The standard InChI is InChI=1S/C15H16ClNO2S/c1-10-5-7-14(8-12(10)3)20(18,19)17-13-6-4-11(2)15(16)9-13/h4-9,17H,1-3H3. The third-order valence-electron chi connectivity index (χ3n) is 3.21.